The van der Waals surface area contributed by atoms with E-state index < -0.39 is 15.6 Å². The van der Waals surface area contributed by atoms with Crippen LogP contribution in [0.1, 0.15) is 18.9 Å². The van der Waals surface area contributed by atoms with E-state index in [1.54, 1.807) is 6.07 Å². The van der Waals surface area contributed by atoms with Crippen LogP contribution in [-0.2, 0) is 10.0 Å². The minimum absolute atomic E-state index is 0.000945. The third kappa shape index (κ3) is 3.75. The monoisotopic (exact) mass is 466 g/mol. The molecule has 25 heavy (non-hydrogen) atoms. The number of hydrogen-bond donors (Lipinski definition) is 0. The molecule has 1 saturated heterocycles. The van der Waals surface area contributed by atoms with Gasteiger partial charge in [-0.15, -0.1) is 0 Å². The molecule has 7 nitrogen and oxygen atoms in total. The highest BCUT2D eigenvalue weighted by atomic mass is 79.9. The number of halogens is 3. The minimum Gasteiger partial charge on any atom is -0.266 e. The van der Waals surface area contributed by atoms with E-state index >= 15 is 0 Å². The number of pyridine rings is 1. The number of hydrogen-bond acceptors (Lipinski definition) is 5. The number of nitrogens with zero attached hydrogens (tertiary/aromatic N) is 4. The van der Waals surface area contributed by atoms with E-state index in [0.717, 1.165) is 0 Å². The predicted octanol–water partition coefficient (Wildman–Crippen LogP) is 2.73. The molecule has 0 spiro atoms. The highest BCUT2D eigenvalue weighted by molar-refractivity contribution is 9.10. The van der Waals surface area contributed by atoms with Gasteiger partial charge < -0.3 is 0 Å². The molecule has 0 aromatic carbocycles. The van der Waals surface area contributed by atoms with Gasteiger partial charge in [0.25, 0.3) is 15.6 Å². The predicted molar refractivity (Wildman–Crippen MR) is 97.5 cm³/mol. The lowest BCUT2D eigenvalue weighted by molar-refractivity contribution is 0.254. The Balaban J connectivity index is 1.77. The summed E-state index contributed by atoms with van der Waals surface area (Å²) >= 11 is 14.9. The van der Waals surface area contributed by atoms with Crippen molar-refractivity contribution < 1.29 is 8.42 Å². The standard InChI is InChI=1S/C14H13BrCl2N4O3S/c15-9-1-2-12(18-7-9)25(23,24)20-5-3-10(4-6-20)21-14(22)13(17)11(16)8-19-21/h1-2,7-8,10H,3-6H2. The second-order valence-electron chi connectivity index (χ2n) is 5.51. The molecule has 0 unspecified atom stereocenters. The smallest absolute Gasteiger partial charge is 0.266 e. The third-order valence-electron chi connectivity index (χ3n) is 3.97. The van der Waals surface area contributed by atoms with Gasteiger partial charge in [-0.2, -0.15) is 9.40 Å². The molecule has 0 radical (unpaired) electrons. The molecule has 11 heteroatoms. The van der Waals surface area contributed by atoms with Gasteiger partial charge in [0.05, 0.1) is 17.3 Å². The average Bonchev–Trinajstić information content (AvgIpc) is 2.60. The molecule has 0 bridgehead atoms. The van der Waals surface area contributed by atoms with E-state index in [1.807, 2.05) is 0 Å². The zero-order valence-corrected chi connectivity index (χ0v) is 16.7. The number of sulfonamides is 1. The second-order valence-corrected chi connectivity index (χ2v) is 9.09. The molecule has 2 aromatic heterocycles. The Morgan fingerprint density at radius 3 is 2.44 bits per heavy atom. The average molecular weight is 468 g/mol. The minimum atomic E-state index is -3.66. The molecule has 1 aliphatic rings. The Morgan fingerprint density at radius 1 is 1.16 bits per heavy atom. The quantitative estimate of drug-likeness (QED) is 0.692. The molecule has 0 saturated carbocycles. The molecule has 0 aliphatic carbocycles. The molecule has 0 N–H and O–H groups in total. The van der Waals surface area contributed by atoms with E-state index in [1.165, 1.54) is 27.4 Å². The fraction of sp³-hybridized carbons (Fsp3) is 0.357. The zero-order valence-electron chi connectivity index (χ0n) is 12.8. The highest BCUT2D eigenvalue weighted by Gasteiger charge is 2.31. The fourth-order valence-electron chi connectivity index (χ4n) is 2.66. The van der Waals surface area contributed by atoms with Crippen molar-refractivity contribution in [2.24, 2.45) is 0 Å². The first-order chi connectivity index (χ1) is 11.8. The Labute approximate surface area is 162 Å². The van der Waals surface area contributed by atoms with Crippen LogP contribution in [-0.4, -0.2) is 40.6 Å². The van der Waals surface area contributed by atoms with Crippen molar-refractivity contribution in [3.63, 3.8) is 0 Å². The summed E-state index contributed by atoms with van der Waals surface area (Å²) in [5, 5.41) is 4.04. The van der Waals surface area contributed by atoms with Gasteiger partial charge in [0.15, 0.2) is 5.03 Å². The van der Waals surface area contributed by atoms with Crippen LogP contribution >= 0.6 is 39.1 Å². The van der Waals surface area contributed by atoms with E-state index in [2.05, 4.69) is 26.0 Å². The van der Waals surface area contributed by atoms with Crippen LogP contribution in [0.3, 0.4) is 0 Å². The van der Waals surface area contributed by atoms with Crippen LogP contribution in [0.5, 0.6) is 0 Å². The van der Waals surface area contributed by atoms with Crippen molar-refractivity contribution in [3.05, 3.63) is 49.4 Å². The Kier molecular flexibility index (Phi) is 5.50. The first kappa shape index (κ1) is 18.8. The van der Waals surface area contributed by atoms with E-state index in [4.69, 9.17) is 23.2 Å². The van der Waals surface area contributed by atoms with Gasteiger partial charge in [0, 0.05) is 23.8 Å². The zero-order chi connectivity index (χ0) is 18.2. The third-order valence-corrected chi connectivity index (χ3v) is 7.01. The van der Waals surface area contributed by atoms with Gasteiger partial charge in [-0.3, -0.25) is 4.79 Å². The topological polar surface area (TPSA) is 85.2 Å². The fourth-order valence-corrected chi connectivity index (χ4v) is 4.54. The normalized spacial score (nSPS) is 16.9. The Bertz CT molecular complexity index is 942. The lowest BCUT2D eigenvalue weighted by atomic mass is 10.1. The van der Waals surface area contributed by atoms with Crippen LogP contribution < -0.4 is 5.56 Å². The van der Waals surface area contributed by atoms with Crippen molar-refractivity contribution >= 4 is 49.2 Å². The number of aromatic nitrogens is 3. The SMILES string of the molecule is O=c1c(Cl)c(Cl)cnn1C1CCN(S(=O)(=O)c2ccc(Br)cn2)CC1. The molecule has 1 fully saturated rings. The van der Waals surface area contributed by atoms with E-state index in [-0.39, 0.29) is 34.2 Å². The highest BCUT2D eigenvalue weighted by Crippen LogP contribution is 2.26. The van der Waals surface area contributed by atoms with Gasteiger partial charge in [-0.1, -0.05) is 23.2 Å². The van der Waals surface area contributed by atoms with Gasteiger partial charge in [-0.05, 0) is 40.9 Å². The summed E-state index contributed by atoms with van der Waals surface area (Å²) in [5.74, 6) is 0. The van der Waals surface area contributed by atoms with Crippen molar-refractivity contribution in [1.29, 1.82) is 0 Å². The first-order valence-electron chi connectivity index (χ1n) is 7.35. The largest absolute Gasteiger partial charge is 0.287 e. The molecule has 0 amide bonds. The lowest BCUT2D eigenvalue weighted by Crippen LogP contribution is -2.41. The molecule has 134 valence electrons. The van der Waals surface area contributed by atoms with Gasteiger partial charge in [0.1, 0.15) is 5.02 Å². The second kappa shape index (κ2) is 7.32. The molecular weight excluding hydrogens is 455 g/mol. The Hall–Kier alpha value is -1.00. The van der Waals surface area contributed by atoms with Gasteiger partial charge >= 0.3 is 0 Å². The summed E-state index contributed by atoms with van der Waals surface area (Å²) in [4.78, 5) is 16.1. The van der Waals surface area contributed by atoms with Crippen LogP contribution in [0, 0.1) is 0 Å². The maximum atomic E-state index is 12.6. The summed E-state index contributed by atoms with van der Waals surface area (Å²) < 4.78 is 28.6. The van der Waals surface area contributed by atoms with E-state index in [9.17, 15) is 13.2 Å². The molecule has 2 aromatic rings. The maximum absolute atomic E-state index is 12.6. The van der Waals surface area contributed by atoms with Crippen LogP contribution in [0.25, 0.3) is 0 Å². The summed E-state index contributed by atoms with van der Waals surface area (Å²) in [6.45, 7) is 0.526. The number of rotatable bonds is 3. The van der Waals surface area contributed by atoms with Crippen molar-refractivity contribution in [3.8, 4) is 0 Å². The van der Waals surface area contributed by atoms with Crippen molar-refractivity contribution in [2.45, 2.75) is 23.9 Å². The molecule has 0 atom stereocenters. The van der Waals surface area contributed by atoms with Gasteiger partial charge in [-0.25, -0.2) is 18.1 Å². The molecule has 1 aliphatic heterocycles. The van der Waals surface area contributed by atoms with Crippen LogP contribution in [0.15, 0.2) is 38.8 Å². The maximum Gasteiger partial charge on any atom is 0.287 e. The van der Waals surface area contributed by atoms with Crippen LogP contribution in [0.2, 0.25) is 10.0 Å². The van der Waals surface area contributed by atoms with Gasteiger partial charge in [0.2, 0.25) is 0 Å². The van der Waals surface area contributed by atoms with E-state index in [0.29, 0.717) is 17.3 Å². The molecule has 3 heterocycles. The van der Waals surface area contributed by atoms with Crippen molar-refractivity contribution in [2.75, 3.05) is 13.1 Å². The summed E-state index contributed by atoms with van der Waals surface area (Å²) in [7, 11) is -3.66. The molecular formula is C14H13BrCl2N4O3S. The first-order valence-corrected chi connectivity index (χ1v) is 10.3. The summed E-state index contributed by atoms with van der Waals surface area (Å²) in [6, 6.07) is 2.86. The van der Waals surface area contributed by atoms with Crippen molar-refractivity contribution in [1.82, 2.24) is 19.1 Å². The molecule has 3 rings (SSSR count). The van der Waals surface area contributed by atoms with Crippen LogP contribution in [0.4, 0.5) is 0 Å². The lowest BCUT2D eigenvalue weighted by Gasteiger charge is -2.31. The summed E-state index contributed by atoms with van der Waals surface area (Å²) in [5.41, 5.74) is -0.468. The number of piperidine rings is 1. The summed E-state index contributed by atoms with van der Waals surface area (Å²) in [6.07, 6.45) is 3.65. The Morgan fingerprint density at radius 2 is 1.84 bits per heavy atom.